The van der Waals surface area contributed by atoms with E-state index in [1.54, 1.807) is 25.1 Å². The molecule has 1 aromatic heterocycles. The van der Waals surface area contributed by atoms with Crippen LogP contribution < -0.4 is 0 Å². The average Bonchev–Trinajstić information content (AvgIpc) is 2.64. The zero-order chi connectivity index (χ0) is 10.8. The van der Waals surface area contributed by atoms with E-state index in [1.165, 1.54) is 18.4 Å². The first-order valence-corrected chi connectivity index (χ1v) is 4.65. The Morgan fingerprint density at radius 2 is 2.07 bits per heavy atom. The zero-order valence-corrected chi connectivity index (χ0v) is 8.27. The molecule has 1 heterocycles. The smallest absolute Gasteiger partial charge is 0.123 e. The highest BCUT2D eigenvalue weighted by Crippen LogP contribution is 2.23. The minimum atomic E-state index is -0.835. The van der Waals surface area contributed by atoms with Crippen LogP contribution in [0.4, 0.5) is 4.39 Å². The maximum atomic E-state index is 12.9. The normalized spacial score (nSPS) is 12.7. The van der Waals surface area contributed by atoms with E-state index >= 15 is 0 Å². The van der Waals surface area contributed by atoms with E-state index in [0.29, 0.717) is 11.1 Å². The largest absolute Gasteiger partial charge is 0.469 e. The second kappa shape index (κ2) is 3.87. The zero-order valence-electron chi connectivity index (χ0n) is 8.27. The lowest BCUT2D eigenvalue weighted by Gasteiger charge is -2.07. The molecule has 2 nitrogen and oxygen atoms in total. The van der Waals surface area contributed by atoms with Crippen LogP contribution in [0.25, 0.3) is 0 Å². The van der Waals surface area contributed by atoms with Gasteiger partial charge in [-0.1, -0.05) is 12.1 Å². The topological polar surface area (TPSA) is 33.4 Å². The molecule has 0 bridgehead atoms. The van der Waals surface area contributed by atoms with Crippen LogP contribution in [0, 0.1) is 12.7 Å². The first-order valence-electron chi connectivity index (χ1n) is 4.65. The van der Waals surface area contributed by atoms with Gasteiger partial charge in [-0.15, -0.1) is 0 Å². The van der Waals surface area contributed by atoms with Crippen molar-refractivity contribution in [2.24, 2.45) is 0 Å². The monoisotopic (exact) mass is 206 g/mol. The minimum Gasteiger partial charge on any atom is -0.469 e. The Morgan fingerprint density at radius 1 is 1.27 bits per heavy atom. The molecule has 3 heteroatoms. The lowest BCUT2D eigenvalue weighted by molar-refractivity contribution is 0.218. The summed E-state index contributed by atoms with van der Waals surface area (Å²) in [6, 6.07) is 7.64. The molecule has 0 aliphatic carbocycles. The molecular weight excluding hydrogens is 195 g/mol. The van der Waals surface area contributed by atoms with Gasteiger partial charge in [0.25, 0.3) is 0 Å². The lowest BCUT2D eigenvalue weighted by Crippen LogP contribution is -1.98. The van der Waals surface area contributed by atoms with Gasteiger partial charge in [0.2, 0.25) is 0 Å². The number of aliphatic hydroxyl groups is 1. The van der Waals surface area contributed by atoms with E-state index in [2.05, 4.69) is 0 Å². The summed E-state index contributed by atoms with van der Waals surface area (Å²) in [6.07, 6.45) is 0.642. The van der Waals surface area contributed by atoms with Gasteiger partial charge in [0, 0.05) is 5.56 Å². The molecule has 1 unspecified atom stereocenters. The molecule has 0 aliphatic rings. The van der Waals surface area contributed by atoms with Gasteiger partial charge < -0.3 is 9.52 Å². The molecule has 0 saturated heterocycles. The molecule has 0 aliphatic heterocycles. The molecular formula is C12H11FO2. The number of aliphatic hydroxyl groups excluding tert-OH is 1. The Bertz CT molecular complexity index is 462. The van der Waals surface area contributed by atoms with E-state index in [-0.39, 0.29) is 5.82 Å². The van der Waals surface area contributed by atoms with Crippen LogP contribution in [0.5, 0.6) is 0 Å². The molecule has 1 N–H and O–H groups in total. The fraction of sp³-hybridized carbons (Fsp3) is 0.167. The highest BCUT2D eigenvalue weighted by atomic mass is 19.1. The van der Waals surface area contributed by atoms with Gasteiger partial charge in [0.1, 0.15) is 17.7 Å². The molecule has 0 saturated carbocycles. The summed E-state index contributed by atoms with van der Waals surface area (Å²) in [5.74, 6) is 0.368. The number of halogens is 1. The summed E-state index contributed by atoms with van der Waals surface area (Å²) in [4.78, 5) is 0. The summed E-state index contributed by atoms with van der Waals surface area (Å²) in [7, 11) is 0. The molecule has 0 spiro atoms. The number of rotatable bonds is 2. The predicted octanol–water partition coefficient (Wildman–Crippen LogP) is 2.81. The van der Waals surface area contributed by atoms with Crippen molar-refractivity contribution in [2.45, 2.75) is 13.0 Å². The summed E-state index contributed by atoms with van der Waals surface area (Å²) in [6.45, 7) is 1.79. The lowest BCUT2D eigenvalue weighted by atomic mass is 10.0. The summed E-state index contributed by atoms with van der Waals surface area (Å²) in [5, 5.41) is 9.90. The SMILES string of the molecule is Cc1cc(C(O)c2cccc(F)c2)co1. The van der Waals surface area contributed by atoms with Crippen LogP contribution >= 0.6 is 0 Å². The molecule has 1 aromatic carbocycles. The first-order chi connectivity index (χ1) is 7.16. The van der Waals surface area contributed by atoms with Crippen LogP contribution in [0.3, 0.4) is 0 Å². The van der Waals surface area contributed by atoms with Gasteiger partial charge in [0.05, 0.1) is 6.26 Å². The van der Waals surface area contributed by atoms with Gasteiger partial charge in [0.15, 0.2) is 0 Å². The Kier molecular flexibility index (Phi) is 2.56. The third kappa shape index (κ3) is 2.07. The van der Waals surface area contributed by atoms with Crippen LogP contribution in [-0.2, 0) is 0 Å². The van der Waals surface area contributed by atoms with Crippen LogP contribution in [0.15, 0.2) is 41.0 Å². The number of hydrogen-bond donors (Lipinski definition) is 1. The van der Waals surface area contributed by atoms with Gasteiger partial charge >= 0.3 is 0 Å². The highest BCUT2D eigenvalue weighted by Gasteiger charge is 2.12. The van der Waals surface area contributed by atoms with Gasteiger partial charge in [-0.2, -0.15) is 0 Å². The summed E-state index contributed by atoms with van der Waals surface area (Å²) < 4.78 is 18.0. The third-order valence-corrected chi connectivity index (χ3v) is 2.23. The van der Waals surface area contributed by atoms with Crippen LogP contribution in [0.2, 0.25) is 0 Å². The molecule has 78 valence electrons. The number of furan rings is 1. The molecule has 2 rings (SSSR count). The average molecular weight is 206 g/mol. The van der Waals surface area contributed by atoms with Gasteiger partial charge in [-0.05, 0) is 30.7 Å². The molecule has 0 radical (unpaired) electrons. The quantitative estimate of drug-likeness (QED) is 0.819. The maximum absolute atomic E-state index is 12.9. The van der Waals surface area contributed by atoms with Crippen molar-refractivity contribution >= 4 is 0 Å². The van der Waals surface area contributed by atoms with E-state index in [9.17, 15) is 9.50 Å². The second-order valence-corrected chi connectivity index (χ2v) is 3.45. The predicted molar refractivity (Wildman–Crippen MR) is 53.9 cm³/mol. The van der Waals surface area contributed by atoms with Crippen molar-refractivity contribution in [3.63, 3.8) is 0 Å². The van der Waals surface area contributed by atoms with Crippen molar-refractivity contribution in [3.8, 4) is 0 Å². The number of aryl methyl sites for hydroxylation is 1. The second-order valence-electron chi connectivity index (χ2n) is 3.45. The van der Waals surface area contributed by atoms with Gasteiger partial charge in [-0.3, -0.25) is 0 Å². The Hall–Kier alpha value is -1.61. The molecule has 0 amide bonds. The Morgan fingerprint density at radius 3 is 2.67 bits per heavy atom. The van der Waals surface area contributed by atoms with Crippen LogP contribution in [-0.4, -0.2) is 5.11 Å². The van der Waals surface area contributed by atoms with Crippen LogP contribution in [0.1, 0.15) is 23.0 Å². The van der Waals surface area contributed by atoms with E-state index in [1.807, 2.05) is 0 Å². The van der Waals surface area contributed by atoms with E-state index in [0.717, 1.165) is 5.76 Å². The van der Waals surface area contributed by atoms with E-state index < -0.39 is 6.10 Å². The molecule has 15 heavy (non-hydrogen) atoms. The molecule has 1 atom stereocenters. The minimum absolute atomic E-state index is 0.355. The number of benzene rings is 1. The first kappa shape index (κ1) is 9.93. The Labute approximate surface area is 87.0 Å². The van der Waals surface area contributed by atoms with E-state index in [4.69, 9.17) is 4.42 Å². The van der Waals surface area contributed by atoms with Crippen molar-refractivity contribution in [1.29, 1.82) is 0 Å². The van der Waals surface area contributed by atoms with Crippen molar-refractivity contribution in [3.05, 3.63) is 59.3 Å². The maximum Gasteiger partial charge on any atom is 0.123 e. The summed E-state index contributed by atoms with van der Waals surface area (Å²) >= 11 is 0. The number of hydrogen-bond acceptors (Lipinski definition) is 2. The highest BCUT2D eigenvalue weighted by molar-refractivity contribution is 5.28. The van der Waals surface area contributed by atoms with Crippen molar-refractivity contribution in [2.75, 3.05) is 0 Å². The Balaban J connectivity index is 2.32. The fourth-order valence-corrected chi connectivity index (χ4v) is 1.48. The molecule has 2 aromatic rings. The summed E-state index contributed by atoms with van der Waals surface area (Å²) in [5.41, 5.74) is 1.16. The fourth-order valence-electron chi connectivity index (χ4n) is 1.48. The van der Waals surface area contributed by atoms with Crippen molar-refractivity contribution < 1.29 is 13.9 Å². The molecule has 0 fully saturated rings. The van der Waals surface area contributed by atoms with Crippen molar-refractivity contribution in [1.82, 2.24) is 0 Å². The third-order valence-electron chi connectivity index (χ3n) is 2.23. The van der Waals surface area contributed by atoms with Gasteiger partial charge in [-0.25, -0.2) is 4.39 Å². The standard InChI is InChI=1S/C12H11FO2/c1-8-5-10(7-15-8)12(14)9-3-2-4-11(13)6-9/h2-7,12,14H,1H3.